The van der Waals surface area contributed by atoms with Gasteiger partial charge in [0, 0.05) is 0 Å². The quantitative estimate of drug-likeness (QED) is 0.735. The van der Waals surface area contributed by atoms with Crippen molar-refractivity contribution in [2.75, 3.05) is 0 Å². The fraction of sp³-hybridized carbons (Fsp3) is 0.273. The van der Waals surface area contributed by atoms with Gasteiger partial charge in [0.15, 0.2) is 0 Å². The summed E-state index contributed by atoms with van der Waals surface area (Å²) in [5.74, 6) is -0.857. The number of rotatable bonds is 1. The molecule has 0 heterocycles. The molecule has 0 saturated carbocycles. The van der Waals surface area contributed by atoms with E-state index in [-0.39, 0.29) is 11.1 Å². The normalized spacial score (nSPS) is 12.6. The lowest BCUT2D eigenvalue weighted by Gasteiger charge is -2.14. The molecule has 16 heavy (non-hydrogen) atoms. The van der Waals surface area contributed by atoms with Crippen LogP contribution in [0.2, 0.25) is 0 Å². The van der Waals surface area contributed by atoms with E-state index >= 15 is 0 Å². The van der Waals surface area contributed by atoms with E-state index in [1.54, 1.807) is 12.1 Å². The average molecular weight is 224 g/mol. The molecule has 82 valence electrons. The fourth-order valence-corrected chi connectivity index (χ4v) is 1.32. The molecule has 0 N–H and O–H groups in total. The molecule has 0 aliphatic carbocycles. The van der Waals surface area contributed by atoms with E-state index in [1.165, 1.54) is 19.1 Å². The Labute approximate surface area is 90.5 Å². The lowest BCUT2D eigenvalue weighted by atomic mass is 9.95. The van der Waals surface area contributed by atoms with Gasteiger partial charge in [0.2, 0.25) is 0 Å². The van der Waals surface area contributed by atoms with E-state index in [2.05, 4.69) is 0 Å². The molecule has 1 rings (SSSR count). The number of hydrogen-bond acceptors (Lipinski definition) is 2. The summed E-state index contributed by atoms with van der Waals surface area (Å²) >= 11 is 0. The Morgan fingerprint density at radius 3 is 2.31 bits per heavy atom. The van der Waals surface area contributed by atoms with Crippen molar-refractivity contribution >= 4 is 0 Å². The minimum Gasteiger partial charge on any atom is -0.198 e. The maximum absolute atomic E-state index is 12.6. The first-order chi connectivity index (χ1) is 7.40. The maximum Gasteiger partial charge on any atom is 0.416 e. The first-order valence-electron chi connectivity index (χ1n) is 4.41. The second kappa shape index (κ2) is 4.24. The topological polar surface area (TPSA) is 47.6 Å². The molecular formula is C11H7F3N2. The van der Waals surface area contributed by atoms with Crippen LogP contribution in [0.3, 0.4) is 0 Å². The summed E-state index contributed by atoms with van der Waals surface area (Å²) in [5.41, 5.74) is -1.09. The van der Waals surface area contributed by atoms with E-state index < -0.39 is 17.7 Å². The molecule has 0 amide bonds. The van der Waals surface area contributed by atoms with Gasteiger partial charge < -0.3 is 0 Å². The monoisotopic (exact) mass is 224 g/mol. The molecule has 1 aromatic carbocycles. The van der Waals surface area contributed by atoms with Crippen LogP contribution in [0.4, 0.5) is 13.2 Å². The highest BCUT2D eigenvalue weighted by atomic mass is 19.4. The second-order valence-electron chi connectivity index (χ2n) is 3.26. The first-order valence-corrected chi connectivity index (χ1v) is 4.41. The summed E-state index contributed by atoms with van der Waals surface area (Å²) in [5, 5.41) is 17.2. The molecule has 1 aromatic rings. The van der Waals surface area contributed by atoms with Crippen LogP contribution in [-0.2, 0) is 6.18 Å². The smallest absolute Gasteiger partial charge is 0.198 e. The van der Waals surface area contributed by atoms with E-state index in [0.717, 1.165) is 6.07 Å². The molecular weight excluding hydrogens is 217 g/mol. The Hall–Kier alpha value is -2.01. The van der Waals surface area contributed by atoms with Crippen molar-refractivity contribution in [3.63, 3.8) is 0 Å². The predicted octanol–water partition coefficient (Wildman–Crippen LogP) is 3.20. The summed E-state index contributed by atoms with van der Waals surface area (Å²) in [6.07, 6.45) is -4.55. The predicted molar refractivity (Wildman–Crippen MR) is 50.2 cm³/mol. The maximum atomic E-state index is 12.6. The Kier molecular flexibility index (Phi) is 3.20. The zero-order chi connectivity index (χ0) is 12.3. The van der Waals surface area contributed by atoms with Crippen LogP contribution in [0.15, 0.2) is 18.2 Å². The lowest BCUT2D eigenvalue weighted by Crippen LogP contribution is -2.11. The number of nitrogens with zero attached hydrogens (tertiary/aromatic N) is 2. The number of benzene rings is 1. The molecule has 0 saturated heterocycles. The molecule has 1 atom stereocenters. The lowest BCUT2D eigenvalue weighted by molar-refractivity contribution is -0.138. The number of hydrogen-bond donors (Lipinski definition) is 0. The summed E-state index contributed by atoms with van der Waals surface area (Å²) in [7, 11) is 0. The van der Waals surface area contributed by atoms with Crippen LogP contribution >= 0.6 is 0 Å². The Balaban J connectivity index is 3.42. The minimum absolute atomic E-state index is 0.0683. The van der Waals surface area contributed by atoms with Gasteiger partial charge in [-0.05, 0) is 24.6 Å². The zero-order valence-corrected chi connectivity index (χ0v) is 8.34. The van der Waals surface area contributed by atoms with Gasteiger partial charge in [-0.1, -0.05) is 6.07 Å². The highest BCUT2D eigenvalue weighted by molar-refractivity contribution is 5.42. The SMILES string of the molecule is CC(C#N)c1ccc(C#N)cc1C(F)(F)F. The van der Waals surface area contributed by atoms with E-state index in [4.69, 9.17) is 10.5 Å². The second-order valence-corrected chi connectivity index (χ2v) is 3.26. The molecule has 0 aliphatic rings. The average Bonchev–Trinajstić information content (AvgIpc) is 2.26. The van der Waals surface area contributed by atoms with Gasteiger partial charge >= 0.3 is 6.18 Å². The van der Waals surface area contributed by atoms with Crippen LogP contribution < -0.4 is 0 Å². The van der Waals surface area contributed by atoms with Gasteiger partial charge in [-0.2, -0.15) is 23.7 Å². The Bertz CT molecular complexity index is 477. The fourth-order valence-electron chi connectivity index (χ4n) is 1.32. The number of alkyl halides is 3. The number of halogens is 3. The van der Waals surface area contributed by atoms with Crippen LogP contribution in [0.1, 0.15) is 29.5 Å². The van der Waals surface area contributed by atoms with E-state index in [1.807, 2.05) is 0 Å². The first kappa shape index (κ1) is 12.1. The van der Waals surface area contributed by atoms with Gasteiger partial charge in [-0.3, -0.25) is 0 Å². The molecule has 1 unspecified atom stereocenters. The molecule has 5 heteroatoms. The van der Waals surface area contributed by atoms with Crippen LogP contribution in [-0.4, -0.2) is 0 Å². The van der Waals surface area contributed by atoms with E-state index in [0.29, 0.717) is 0 Å². The zero-order valence-electron chi connectivity index (χ0n) is 8.34. The largest absolute Gasteiger partial charge is 0.416 e. The van der Waals surface area contributed by atoms with Crippen molar-refractivity contribution in [2.24, 2.45) is 0 Å². The Morgan fingerprint density at radius 2 is 1.88 bits per heavy atom. The van der Waals surface area contributed by atoms with Crippen LogP contribution in [0, 0.1) is 22.7 Å². The minimum atomic E-state index is -4.55. The van der Waals surface area contributed by atoms with E-state index in [9.17, 15) is 13.2 Å². The van der Waals surface area contributed by atoms with Gasteiger partial charge in [0.1, 0.15) is 0 Å². The third-order valence-electron chi connectivity index (χ3n) is 2.15. The van der Waals surface area contributed by atoms with Crippen molar-refractivity contribution in [3.8, 4) is 12.1 Å². The van der Waals surface area contributed by atoms with Gasteiger partial charge in [0.05, 0.1) is 29.2 Å². The van der Waals surface area contributed by atoms with Crippen molar-refractivity contribution in [1.82, 2.24) is 0 Å². The summed E-state index contributed by atoms with van der Waals surface area (Å²) in [4.78, 5) is 0. The highest BCUT2D eigenvalue weighted by Crippen LogP contribution is 2.35. The molecule has 0 fully saturated rings. The number of nitriles is 2. The highest BCUT2D eigenvalue weighted by Gasteiger charge is 2.34. The molecule has 0 radical (unpaired) electrons. The Morgan fingerprint density at radius 1 is 1.25 bits per heavy atom. The molecule has 0 aliphatic heterocycles. The molecule has 0 aromatic heterocycles. The third-order valence-corrected chi connectivity index (χ3v) is 2.15. The molecule has 0 bridgehead atoms. The summed E-state index contributed by atoms with van der Waals surface area (Å²) in [6.45, 7) is 1.39. The van der Waals surface area contributed by atoms with Crippen molar-refractivity contribution < 1.29 is 13.2 Å². The summed E-state index contributed by atoms with van der Waals surface area (Å²) < 4.78 is 37.9. The van der Waals surface area contributed by atoms with Gasteiger partial charge in [-0.15, -0.1) is 0 Å². The van der Waals surface area contributed by atoms with Crippen LogP contribution in [0.25, 0.3) is 0 Å². The van der Waals surface area contributed by atoms with Crippen molar-refractivity contribution in [2.45, 2.75) is 19.0 Å². The van der Waals surface area contributed by atoms with Gasteiger partial charge in [-0.25, -0.2) is 0 Å². The van der Waals surface area contributed by atoms with Crippen molar-refractivity contribution in [1.29, 1.82) is 10.5 Å². The molecule has 2 nitrogen and oxygen atoms in total. The molecule has 0 spiro atoms. The van der Waals surface area contributed by atoms with Gasteiger partial charge in [0.25, 0.3) is 0 Å². The third kappa shape index (κ3) is 2.32. The standard InChI is InChI=1S/C11H7F3N2/c1-7(5-15)9-3-2-8(6-16)4-10(9)11(12,13)14/h2-4,7H,1H3. The summed E-state index contributed by atoms with van der Waals surface area (Å²) in [6, 6.07) is 6.61. The van der Waals surface area contributed by atoms with Crippen molar-refractivity contribution in [3.05, 3.63) is 34.9 Å². The van der Waals surface area contributed by atoms with Crippen LogP contribution in [0.5, 0.6) is 0 Å².